The smallest absolute Gasteiger partial charge is 0.338 e. The van der Waals surface area contributed by atoms with E-state index in [1.54, 1.807) is 0 Å². The highest BCUT2D eigenvalue weighted by Crippen LogP contribution is 2.51. The van der Waals surface area contributed by atoms with Crippen LogP contribution >= 0.6 is 0 Å². The van der Waals surface area contributed by atoms with Crippen molar-refractivity contribution < 1.29 is 14.3 Å². The number of carbonyl (C=O) groups excluding carboxylic acids is 1. The summed E-state index contributed by atoms with van der Waals surface area (Å²) in [6.45, 7) is 6.13. The molecule has 4 nitrogen and oxygen atoms in total. The molecule has 0 radical (unpaired) electrons. The van der Waals surface area contributed by atoms with E-state index in [-0.39, 0.29) is 11.6 Å². The van der Waals surface area contributed by atoms with Gasteiger partial charge in [0.15, 0.2) is 5.60 Å². The predicted octanol–water partition coefficient (Wildman–Crippen LogP) is 1.37. The van der Waals surface area contributed by atoms with Gasteiger partial charge in [-0.25, -0.2) is 4.79 Å². The van der Waals surface area contributed by atoms with E-state index >= 15 is 0 Å². The zero-order chi connectivity index (χ0) is 12.0. The third-order valence-corrected chi connectivity index (χ3v) is 3.52. The molecule has 16 heavy (non-hydrogen) atoms. The van der Waals surface area contributed by atoms with Crippen molar-refractivity contribution in [2.24, 2.45) is 5.73 Å². The van der Waals surface area contributed by atoms with Gasteiger partial charge in [0, 0.05) is 6.54 Å². The number of hydrogen-bond donors (Lipinski definition) is 1. The Morgan fingerprint density at radius 3 is 2.25 bits per heavy atom. The summed E-state index contributed by atoms with van der Waals surface area (Å²) in [7, 11) is 0. The summed E-state index contributed by atoms with van der Waals surface area (Å²) in [4.78, 5) is 12.1. The molecule has 0 aromatic carbocycles. The number of rotatable bonds is 2. The maximum Gasteiger partial charge on any atom is 0.338 e. The Hall–Kier alpha value is -0.610. The van der Waals surface area contributed by atoms with Crippen LogP contribution in [0.4, 0.5) is 0 Å². The minimum Gasteiger partial charge on any atom is -0.458 e. The highest BCUT2D eigenvalue weighted by Gasteiger charge is 2.60. The van der Waals surface area contributed by atoms with Crippen LogP contribution in [0.1, 0.15) is 46.5 Å². The Kier molecular flexibility index (Phi) is 2.55. The quantitative estimate of drug-likeness (QED) is 0.724. The number of ether oxygens (including phenoxy) is 2. The summed E-state index contributed by atoms with van der Waals surface area (Å²) < 4.78 is 11.3. The van der Waals surface area contributed by atoms with Gasteiger partial charge in [0.05, 0.1) is 5.60 Å². The van der Waals surface area contributed by atoms with Crippen LogP contribution in [0.5, 0.6) is 0 Å². The Morgan fingerprint density at radius 2 is 1.88 bits per heavy atom. The first-order valence-corrected chi connectivity index (χ1v) is 5.95. The van der Waals surface area contributed by atoms with Gasteiger partial charge in [-0.3, -0.25) is 0 Å². The second-order valence-corrected chi connectivity index (χ2v) is 5.99. The van der Waals surface area contributed by atoms with Crippen LogP contribution < -0.4 is 5.73 Å². The van der Waals surface area contributed by atoms with Crippen LogP contribution in [0, 0.1) is 0 Å². The van der Waals surface area contributed by atoms with Crippen molar-refractivity contribution in [3.05, 3.63) is 0 Å². The molecule has 0 atom stereocenters. The van der Waals surface area contributed by atoms with Gasteiger partial charge in [-0.2, -0.15) is 0 Å². The SMILES string of the molecule is CC(C)(C)OC(=O)C12CCC(CN)(CC1)O2. The number of esters is 1. The lowest BCUT2D eigenvalue weighted by molar-refractivity contribution is -0.180. The fourth-order valence-corrected chi connectivity index (χ4v) is 2.59. The lowest BCUT2D eigenvalue weighted by atomic mass is 9.82. The monoisotopic (exact) mass is 227 g/mol. The number of nitrogens with two attached hydrogens (primary N) is 1. The summed E-state index contributed by atoms with van der Waals surface area (Å²) in [6, 6.07) is 0. The van der Waals surface area contributed by atoms with E-state index in [2.05, 4.69) is 0 Å². The zero-order valence-electron chi connectivity index (χ0n) is 10.3. The van der Waals surface area contributed by atoms with Gasteiger partial charge in [-0.1, -0.05) is 0 Å². The molecular weight excluding hydrogens is 206 g/mol. The minimum absolute atomic E-state index is 0.215. The highest BCUT2D eigenvalue weighted by molar-refractivity contribution is 5.81. The third kappa shape index (κ3) is 1.84. The third-order valence-electron chi connectivity index (χ3n) is 3.52. The molecule has 2 N–H and O–H groups in total. The van der Waals surface area contributed by atoms with Crippen LogP contribution in [0.2, 0.25) is 0 Å². The van der Waals surface area contributed by atoms with E-state index in [0.717, 1.165) is 25.7 Å². The molecule has 92 valence electrons. The Bertz CT molecular complexity index is 298. The van der Waals surface area contributed by atoms with E-state index in [1.807, 2.05) is 20.8 Å². The number of hydrogen-bond acceptors (Lipinski definition) is 4. The fraction of sp³-hybridized carbons (Fsp3) is 0.917. The molecule has 4 heteroatoms. The largest absolute Gasteiger partial charge is 0.458 e. The summed E-state index contributed by atoms with van der Waals surface area (Å²) in [5.74, 6) is -0.215. The first-order chi connectivity index (χ1) is 7.31. The molecule has 0 aliphatic carbocycles. The van der Waals surface area contributed by atoms with E-state index < -0.39 is 11.2 Å². The molecule has 0 saturated carbocycles. The minimum atomic E-state index is -0.702. The summed E-state index contributed by atoms with van der Waals surface area (Å²) >= 11 is 0. The van der Waals surface area contributed by atoms with Crippen molar-refractivity contribution in [2.45, 2.75) is 63.3 Å². The van der Waals surface area contributed by atoms with Crippen molar-refractivity contribution in [3.8, 4) is 0 Å². The zero-order valence-corrected chi connectivity index (χ0v) is 10.3. The maximum atomic E-state index is 12.1. The lowest BCUT2D eigenvalue weighted by Crippen LogP contribution is -2.41. The Labute approximate surface area is 96.5 Å². The molecule has 0 aromatic rings. The summed E-state index contributed by atoms with van der Waals surface area (Å²) in [5.41, 5.74) is 4.31. The Balaban J connectivity index is 2.09. The second kappa shape index (κ2) is 3.44. The average Bonchev–Trinajstić information content (AvgIpc) is 2.72. The molecule has 0 amide bonds. The van der Waals surface area contributed by atoms with Gasteiger partial charge in [0.2, 0.25) is 0 Å². The second-order valence-electron chi connectivity index (χ2n) is 5.99. The fourth-order valence-electron chi connectivity index (χ4n) is 2.59. The van der Waals surface area contributed by atoms with Crippen LogP contribution in [0.25, 0.3) is 0 Å². The lowest BCUT2D eigenvalue weighted by Gasteiger charge is -2.28. The van der Waals surface area contributed by atoms with Crippen molar-refractivity contribution in [1.82, 2.24) is 0 Å². The standard InChI is InChI=1S/C12H21NO3/c1-10(2,3)15-9(14)12-6-4-11(8-13,16-12)5-7-12/h4-8,13H2,1-3H3. The number of carbonyl (C=O) groups is 1. The van der Waals surface area contributed by atoms with Gasteiger partial charge < -0.3 is 15.2 Å². The van der Waals surface area contributed by atoms with E-state index in [4.69, 9.17) is 15.2 Å². The Morgan fingerprint density at radius 1 is 1.31 bits per heavy atom. The summed E-state index contributed by atoms with van der Waals surface area (Å²) in [6.07, 6.45) is 3.25. The molecule has 2 saturated heterocycles. The van der Waals surface area contributed by atoms with Crippen molar-refractivity contribution in [2.75, 3.05) is 6.54 Å². The molecule has 2 rings (SSSR count). The van der Waals surface area contributed by atoms with E-state index in [9.17, 15) is 4.79 Å². The van der Waals surface area contributed by atoms with Gasteiger partial charge in [0.25, 0.3) is 0 Å². The molecule has 0 unspecified atom stereocenters. The molecule has 2 aliphatic rings. The molecule has 2 heterocycles. The first kappa shape index (κ1) is 11.9. The highest BCUT2D eigenvalue weighted by atomic mass is 16.6. The van der Waals surface area contributed by atoms with Gasteiger partial charge in [0.1, 0.15) is 5.60 Å². The molecule has 2 fully saturated rings. The van der Waals surface area contributed by atoms with Crippen LogP contribution in [0.3, 0.4) is 0 Å². The maximum absolute atomic E-state index is 12.1. The molecular formula is C12H21NO3. The van der Waals surface area contributed by atoms with Crippen LogP contribution in [0.15, 0.2) is 0 Å². The van der Waals surface area contributed by atoms with E-state index in [1.165, 1.54) is 0 Å². The van der Waals surface area contributed by atoms with Gasteiger partial charge in [-0.05, 0) is 46.5 Å². The first-order valence-electron chi connectivity index (χ1n) is 5.95. The molecule has 2 bridgehead atoms. The normalized spacial score (nSPS) is 37.8. The van der Waals surface area contributed by atoms with E-state index in [0.29, 0.717) is 6.54 Å². The van der Waals surface area contributed by atoms with Crippen LogP contribution in [-0.2, 0) is 14.3 Å². The van der Waals surface area contributed by atoms with Crippen molar-refractivity contribution >= 4 is 5.97 Å². The molecule has 0 spiro atoms. The molecule has 2 aliphatic heterocycles. The van der Waals surface area contributed by atoms with Gasteiger partial charge >= 0.3 is 5.97 Å². The molecule has 0 aromatic heterocycles. The summed E-state index contributed by atoms with van der Waals surface area (Å²) in [5, 5.41) is 0. The van der Waals surface area contributed by atoms with Crippen molar-refractivity contribution in [1.29, 1.82) is 0 Å². The van der Waals surface area contributed by atoms with Crippen LogP contribution in [-0.4, -0.2) is 29.3 Å². The average molecular weight is 227 g/mol. The van der Waals surface area contributed by atoms with Crippen molar-refractivity contribution in [3.63, 3.8) is 0 Å². The predicted molar refractivity (Wildman–Crippen MR) is 59.9 cm³/mol. The van der Waals surface area contributed by atoms with Gasteiger partial charge in [-0.15, -0.1) is 0 Å². The number of fused-ring (bicyclic) bond motifs is 2. The topological polar surface area (TPSA) is 61.5 Å².